The van der Waals surface area contributed by atoms with E-state index < -0.39 is 23.7 Å². The minimum atomic E-state index is -0.965. The fraction of sp³-hybridized carbons (Fsp3) is 0.619. The van der Waals surface area contributed by atoms with Crippen molar-refractivity contribution >= 4 is 17.7 Å². The molecule has 0 saturated heterocycles. The van der Waals surface area contributed by atoms with Gasteiger partial charge in [-0.05, 0) is 68.7 Å². The fourth-order valence-electron chi connectivity index (χ4n) is 3.14. The molecule has 2 atom stereocenters. The number of alkyl carbamates (subject to hydrolysis) is 1. The predicted molar refractivity (Wildman–Crippen MR) is 108 cm³/mol. The summed E-state index contributed by atoms with van der Waals surface area (Å²) in [6.45, 7) is 13.6. The number of nitrogen functional groups attached to an aromatic ring is 1. The summed E-state index contributed by atoms with van der Waals surface area (Å²) in [5.74, 6) is -0.951. The Morgan fingerprint density at radius 3 is 2.26 bits per heavy atom. The third kappa shape index (κ3) is 7.89. The molecule has 6 nitrogen and oxygen atoms in total. The predicted octanol–water partition coefficient (Wildman–Crippen LogP) is 4.47. The summed E-state index contributed by atoms with van der Waals surface area (Å²) in [6, 6.07) is 5.21. The number of hydrogen-bond donors (Lipinski definition) is 3. The number of aliphatic carboxylic acids is 1. The lowest BCUT2D eigenvalue weighted by Gasteiger charge is -2.35. The summed E-state index contributed by atoms with van der Waals surface area (Å²) in [6.07, 6.45) is -0.308. The number of rotatable bonds is 6. The SMILES string of the molecule is Cc1ccc(N)cc1C(C[C@H](CC(=O)O)NC(=O)OC(C)(C)C)C(C)(C)C. The number of benzene rings is 1. The number of hydrogen-bond acceptors (Lipinski definition) is 4. The van der Waals surface area contributed by atoms with Crippen molar-refractivity contribution in [2.75, 3.05) is 5.73 Å². The van der Waals surface area contributed by atoms with Gasteiger partial charge in [0.25, 0.3) is 0 Å². The Bertz CT molecular complexity index is 672. The molecule has 4 N–H and O–H groups in total. The minimum absolute atomic E-state index is 0.0142. The molecule has 6 heteroatoms. The van der Waals surface area contributed by atoms with Crippen LogP contribution in [0.4, 0.5) is 10.5 Å². The molecule has 1 unspecified atom stereocenters. The molecule has 0 fully saturated rings. The van der Waals surface area contributed by atoms with Crippen molar-refractivity contribution in [2.45, 2.75) is 78.9 Å². The molecular weight excluding hydrogens is 344 g/mol. The first-order valence-electron chi connectivity index (χ1n) is 9.26. The highest BCUT2D eigenvalue weighted by Gasteiger charge is 2.32. The lowest BCUT2D eigenvalue weighted by atomic mass is 9.71. The van der Waals surface area contributed by atoms with E-state index in [4.69, 9.17) is 10.5 Å². The maximum absolute atomic E-state index is 12.2. The number of nitrogens with two attached hydrogens (primary N) is 1. The molecule has 1 rings (SSSR count). The van der Waals surface area contributed by atoms with Gasteiger partial charge in [-0.15, -0.1) is 0 Å². The lowest BCUT2D eigenvalue weighted by molar-refractivity contribution is -0.137. The Balaban J connectivity index is 3.14. The number of ether oxygens (including phenoxy) is 1. The highest BCUT2D eigenvalue weighted by Crippen LogP contribution is 2.41. The quantitative estimate of drug-likeness (QED) is 0.634. The second-order valence-corrected chi connectivity index (χ2v) is 9.21. The van der Waals surface area contributed by atoms with E-state index in [0.717, 1.165) is 11.1 Å². The van der Waals surface area contributed by atoms with Gasteiger partial charge < -0.3 is 20.9 Å². The van der Waals surface area contributed by atoms with Gasteiger partial charge in [0.05, 0.1) is 6.42 Å². The zero-order chi connectivity index (χ0) is 21.0. The normalized spacial score (nSPS) is 14.3. The highest BCUT2D eigenvalue weighted by molar-refractivity contribution is 5.71. The molecule has 1 amide bonds. The van der Waals surface area contributed by atoms with Gasteiger partial charge in [0.1, 0.15) is 5.60 Å². The number of amides is 1. The van der Waals surface area contributed by atoms with Crippen molar-refractivity contribution < 1.29 is 19.4 Å². The molecule has 0 bridgehead atoms. The van der Waals surface area contributed by atoms with Gasteiger partial charge >= 0.3 is 12.1 Å². The third-order valence-electron chi connectivity index (χ3n) is 4.39. The van der Waals surface area contributed by atoms with Crippen molar-refractivity contribution in [2.24, 2.45) is 5.41 Å². The van der Waals surface area contributed by atoms with Gasteiger partial charge in [0.2, 0.25) is 0 Å². The van der Waals surface area contributed by atoms with Gasteiger partial charge in [0, 0.05) is 11.7 Å². The fourth-order valence-corrected chi connectivity index (χ4v) is 3.14. The van der Waals surface area contributed by atoms with E-state index in [1.807, 2.05) is 25.1 Å². The van der Waals surface area contributed by atoms with Crippen molar-refractivity contribution in [1.82, 2.24) is 5.32 Å². The molecule has 0 saturated carbocycles. The van der Waals surface area contributed by atoms with Gasteiger partial charge in [-0.25, -0.2) is 4.79 Å². The Kier molecular flexibility index (Phi) is 7.29. The summed E-state index contributed by atoms with van der Waals surface area (Å²) in [4.78, 5) is 23.5. The molecular formula is C21H34N2O4. The first-order valence-corrected chi connectivity index (χ1v) is 9.26. The number of anilines is 1. The van der Waals surface area contributed by atoms with Gasteiger partial charge in [-0.2, -0.15) is 0 Å². The summed E-state index contributed by atoms with van der Waals surface area (Å²) in [7, 11) is 0. The summed E-state index contributed by atoms with van der Waals surface area (Å²) in [5, 5.41) is 12.0. The molecule has 0 heterocycles. The first kappa shape index (κ1) is 22.8. The van der Waals surface area contributed by atoms with Crippen LogP contribution in [0.25, 0.3) is 0 Å². The van der Waals surface area contributed by atoms with Crippen LogP contribution in [0.1, 0.15) is 71.4 Å². The van der Waals surface area contributed by atoms with Gasteiger partial charge in [0.15, 0.2) is 0 Å². The maximum Gasteiger partial charge on any atom is 0.407 e. The average molecular weight is 379 g/mol. The van der Waals surface area contributed by atoms with Crippen LogP contribution >= 0.6 is 0 Å². The van der Waals surface area contributed by atoms with Crippen LogP contribution < -0.4 is 11.1 Å². The molecule has 1 aromatic rings. The molecule has 0 aliphatic carbocycles. The molecule has 0 aromatic heterocycles. The number of carbonyl (C=O) groups excluding carboxylic acids is 1. The topological polar surface area (TPSA) is 102 Å². The van der Waals surface area contributed by atoms with E-state index in [1.165, 1.54) is 0 Å². The van der Waals surface area contributed by atoms with E-state index in [0.29, 0.717) is 12.1 Å². The van der Waals surface area contributed by atoms with E-state index in [1.54, 1.807) is 20.8 Å². The molecule has 27 heavy (non-hydrogen) atoms. The van der Waals surface area contributed by atoms with Crippen LogP contribution in [0.2, 0.25) is 0 Å². The van der Waals surface area contributed by atoms with Crippen molar-refractivity contribution in [3.8, 4) is 0 Å². The number of carboxylic acids is 1. The Morgan fingerprint density at radius 1 is 1.19 bits per heavy atom. The summed E-state index contributed by atoms with van der Waals surface area (Å²) >= 11 is 0. The number of aryl methyl sites for hydroxylation is 1. The van der Waals surface area contributed by atoms with Gasteiger partial charge in [-0.3, -0.25) is 4.79 Å². The monoisotopic (exact) mass is 378 g/mol. The molecule has 0 aliphatic rings. The summed E-state index contributed by atoms with van der Waals surface area (Å²) < 4.78 is 5.30. The standard InChI is InChI=1S/C21H34N2O4/c1-13-8-9-14(22)10-16(13)17(20(2,3)4)11-15(12-18(24)25)23-19(26)27-21(5,6)7/h8-10,15,17H,11-12,22H2,1-7H3,(H,23,26)(H,24,25)/t15-,17?/m1/s1. The molecule has 0 radical (unpaired) electrons. The molecule has 0 aliphatic heterocycles. The average Bonchev–Trinajstić information content (AvgIpc) is 2.43. The Morgan fingerprint density at radius 2 is 1.78 bits per heavy atom. The number of carboxylic acid groups (broad SMARTS) is 1. The third-order valence-corrected chi connectivity index (χ3v) is 4.39. The Labute approximate surface area is 162 Å². The second-order valence-electron chi connectivity index (χ2n) is 9.21. The molecule has 0 spiro atoms. The van der Waals surface area contributed by atoms with Crippen molar-refractivity contribution in [3.05, 3.63) is 29.3 Å². The van der Waals surface area contributed by atoms with Crippen LogP contribution in [0.5, 0.6) is 0 Å². The van der Waals surface area contributed by atoms with Crippen LogP contribution in [0.3, 0.4) is 0 Å². The maximum atomic E-state index is 12.2. The van der Waals surface area contributed by atoms with Crippen LogP contribution in [-0.4, -0.2) is 28.8 Å². The second kappa shape index (κ2) is 8.63. The lowest BCUT2D eigenvalue weighted by Crippen LogP contribution is -2.42. The minimum Gasteiger partial charge on any atom is -0.481 e. The van der Waals surface area contributed by atoms with E-state index in [-0.39, 0.29) is 17.8 Å². The van der Waals surface area contributed by atoms with E-state index in [2.05, 4.69) is 26.1 Å². The summed E-state index contributed by atoms with van der Waals surface area (Å²) in [5.41, 5.74) is 8.02. The van der Waals surface area contributed by atoms with E-state index in [9.17, 15) is 14.7 Å². The van der Waals surface area contributed by atoms with E-state index >= 15 is 0 Å². The first-order chi connectivity index (χ1) is 12.2. The smallest absolute Gasteiger partial charge is 0.407 e. The number of carbonyl (C=O) groups is 2. The van der Waals surface area contributed by atoms with Crippen LogP contribution in [-0.2, 0) is 9.53 Å². The van der Waals surface area contributed by atoms with Crippen LogP contribution in [0.15, 0.2) is 18.2 Å². The zero-order valence-electron chi connectivity index (χ0n) is 17.6. The highest BCUT2D eigenvalue weighted by atomic mass is 16.6. The van der Waals surface area contributed by atoms with Crippen molar-refractivity contribution in [1.29, 1.82) is 0 Å². The zero-order valence-corrected chi connectivity index (χ0v) is 17.6. The van der Waals surface area contributed by atoms with Gasteiger partial charge in [-0.1, -0.05) is 26.8 Å². The Hall–Kier alpha value is -2.24. The molecule has 1 aromatic carbocycles. The molecule has 152 valence electrons. The number of nitrogens with one attached hydrogen (secondary N) is 1. The largest absolute Gasteiger partial charge is 0.481 e. The van der Waals surface area contributed by atoms with Crippen molar-refractivity contribution in [3.63, 3.8) is 0 Å². The van der Waals surface area contributed by atoms with Crippen LogP contribution in [0, 0.1) is 12.3 Å².